The molecule has 18 heavy (non-hydrogen) atoms. The number of halogens is 1. The van der Waals surface area contributed by atoms with Gasteiger partial charge in [0.25, 0.3) is 5.91 Å². The monoisotopic (exact) mass is 265 g/mol. The summed E-state index contributed by atoms with van der Waals surface area (Å²) in [5.74, 6) is 1.15. The summed E-state index contributed by atoms with van der Waals surface area (Å²) in [6.07, 6.45) is 1.05. The number of likely N-dealkylation sites (tertiary alicyclic amines) is 1. The summed E-state index contributed by atoms with van der Waals surface area (Å²) >= 11 is 6.00. The van der Waals surface area contributed by atoms with E-state index in [-0.39, 0.29) is 11.9 Å². The third-order valence-electron chi connectivity index (χ3n) is 3.77. The van der Waals surface area contributed by atoms with Crippen molar-refractivity contribution in [1.29, 1.82) is 0 Å². The summed E-state index contributed by atoms with van der Waals surface area (Å²) in [6, 6.07) is 6.19. The maximum atomic E-state index is 12.5. The number of carbonyl (C=O) groups excluding carboxylic acids is 1. The Labute approximate surface area is 114 Å². The number of hydrogen-bond acceptors (Lipinski definition) is 1. The van der Waals surface area contributed by atoms with Crippen molar-refractivity contribution < 1.29 is 4.79 Å². The highest BCUT2D eigenvalue weighted by Crippen LogP contribution is 2.27. The van der Waals surface area contributed by atoms with E-state index in [9.17, 15) is 4.79 Å². The smallest absolute Gasteiger partial charge is 0.254 e. The second-order valence-electron chi connectivity index (χ2n) is 5.36. The molecule has 98 valence electrons. The van der Waals surface area contributed by atoms with E-state index in [1.54, 1.807) is 0 Å². The highest BCUT2D eigenvalue weighted by Gasteiger charge is 2.34. The predicted molar refractivity (Wildman–Crippen MR) is 75.2 cm³/mol. The normalized spacial score (nSPS) is 23.4. The highest BCUT2D eigenvalue weighted by molar-refractivity contribution is 6.18. The van der Waals surface area contributed by atoms with Crippen molar-refractivity contribution in [3.05, 3.63) is 34.9 Å². The van der Waals surface area contributed by atoms with Crippen LogP contribution in [0, 0.1) is 19.8 Å². The summed E-state index contributed by atoms with van der Waals surface area (Å²) in [4.78, 5) is 14.5. The molecule has 0 N–H and O–H groups in total. The van der Waals surface area contributed by atoms with Gasteiger partial charge in [0.05, 0.1) is 0 Å². The number of benzene rings is 1. The summed E-state index contributed by atoms with van der Waals surface area (Å²) in [7, 11) is 0. The SMILES string of the molecule is Cc1cc(C)cc(C(=O)N2CCC(C)C2CCl)c1. The van der Waals surface area contributed by atoms with Gasteiger partial charge in [-0.15, -0.1) is 11.6 Å². The Hall–Kier alpha value is -1.02. The fourth-order valence-corrected chi connectivity index (χ4v) is 3.23. The second-order valence-corrected chi connectivity index (χ2v) is 5.67. The Morgan fingerprint density at radius 3 is 2.50 bits per heavy atom. The topological polar surface area (TPSA) is 20.3 Å². The molecular weight excluding hydrogens is 246 g/mol. The van der Waals surface area contributed by atoms with Gasteiger partial charge in [-0.2, -0.15) is 0 Å². The minimum absolute atomic E-state index is 0.122. The van der Waals surface area contributed by atoms with E-state index in [1.807, 2.05) is 30.9 Å². The number of aryl methyl sites for hydroxylation is 2. The van der Waals surface area contributed by atoms with Crippen molar-refractivity contribution in [2.24, 2.45) is 5.92 Å². The average molecular weight is 266 g/mol. The lowest BCUT2D eigenvalue weighted by Crippen LogP contribution is -2.38. The predicted octanol–water partition coefficient (Wildman–Crippen LogP) is 3.39. The molecule has 1 aromatic rings. The molecule has 2 atom stereocenters. The zero-order chi connectivity index (χ0) is 13.3. The van der Waals surface area contributed by atoms with Crippen LogP contribution in [0.1, 0.15) is 34.8 Å². The van der Waals surface area contributed by atoms with E-state index in [4.69, 9.17) is 11.6 Å². The van der Waals surface area contributed by atoms with Crippen LogP contribution in [0.15, 0.2) is 18.2 Å². The molecule has 2 nitrogen and oxygen atoms in total. The molecule has 0 aromatic heterocycles. The fourth-order valence-electron chi connectivity index (χ4n) is 2.76. The molecule has 1 amide bonds. The number of hydrogen-bond donors (Lipinski definition) is 0. The lowest BCUT2D eigenvalue weighted by Gasteiger charge is -2.25. The van der Waals surface area contributed by atoms with Gasteiger partial charge in [-0.3, -0.25) is 4.79 Å². The molecule has 0 aliphatic carbocycles. The Balaban J connectivity index is 2.25. The van der Waals surface area contributed by atoms with Crippen LogP contribution in [0.3, 0.4) is 0 Å². The number of carbonyl (C=O) groups is 1. The van der Waals surface area contributed by atoms with Crippen LogP contribution in [0.2, 0.25) is 0 Å². The average Bonchev–Trinajstić information content (AvgIpc) is 2.68. The van der Waals surface area contributed by atoms with E-state index >= 15 is 0 Å². The minimum Gasteiger partial charge on any atom is -0.334 e. The van der Waals surface area contributed by atoms with Crippen LogP contribution in [0.5, 0.6) is 0 Å². The number of alkyl halides is 1. The third kappa shape index (κ3) is 2.54. The largest absolute Gasteiger partial charge is 0.334 e. The van der Waals surface area contributed by atoms with Gasteiger partial charge >= 0.3 is 0 Å². The van der Waals surface area contributed by atoms with Gasteiger partial charge in [-0.1, -0.05) is 24.1 Å². The lowest BCUT2D eigenvalue weighted by atomic mass is 10.0. The quantitative estimate of drug-likeness (QED) is 0.751. The van der Waals surface area contributed by atoms with Gasteiger partial charge in [-0.25, -0.2) is 0 Å². The first-order valence-corrected chi connectivity index (χ1v) is 7.01. The van der Waals surface area contributed by atoms with Crippen molar-refractivity contribution >= 4 is 17.5 Å². The lowest BCUT2D eigenvalue weighted by molar-refractivity contribution is 0.0737. The molecule has 1 aliphatic rings. The minimum atomic E-state index is 0.122. The highest BCUT2D eigenvalue weighted by atomic mass is 35.5. The van der Waals surface area contributed by atoms with E-state index in [2.05, 4.69) is 13.0 Å². The first kappa shape index (κ1) is 13.4. The molecule has 1 aromatic carbocycles. The first-order valence-electron chi connectivity index (χ1n) is 6.48. The molecular formula is C15H20ClNO. The third-order valence-corrected chi connectivity index (χ3v) is 4.09. The molecule has 1 fully saturated rings. The Morgan fingerprint density at radius 1 is 1.33 bits per heavy atom. The maximum absolute atomic E-state index is 12.5. The number of nitrogens with zero attached hydrogens (tertiary/aromatic N) is 1. The number of amides is 1. The Bertz CT molecular complexity index is 438. The summed E-state index contributed by atoms with van der Waals surface area (Å²) < 4.78 is 0. The van der Waals surface area contributed by atoms with E-state index < -0.39 is 0 Å². The number of rotatable bonds is 2. The standard InChI is InChI=1S/C15H20ClNO/c1-10-6-11(2)8-13(7-10)15(18)17-5-4-12(3)14(17)9-16/h6-8,12,14H,4-5,9H2,1-3H3. The molecule has 0 spiro atoms. The molecule has 1 saturated heterocycles. The Kier molecular flexibility index (Phi) is 3.96. The molecule has 0 radical (unpaired) electrons. The molecule has 1 aliphatic heterocycles. The summed E-state index contributed by atoms with van der Waals surface area (Å²) in [5.41, 5.74) is 3.05. The van der Waals surface area contributed by atoms with Gasteiger partial charge < -0.3 is 4.90 Å². The Morgan fingerprint density at radius 2 is 1.94 bits per heavy atom. The van der Waals surface area contributed by atoms with Crippen molar-refractivity contribution in [2.45, 2.75) is 33.2 Å². The molecule has 0 bridgehead atoms. The van der Waals surface area contributed by atoms with Crippen LogP contribution in [0.25, 0.3) is 0 Å². The maximum Gasteiger partial charge on any atom is 0.254 e. The van der Waals surface area contributed by atoms with Crippen molar-refractivity contribution in [2.75, 3.05) is 12.4 Å². The summed E-state index contributed by atoms with van der Waals surface area (Å²) in [6.45, 7) is 7.04. The molecule has 2 unspecified atom stereocenters. The van der Waals surface area contributed by atoms with Crippen molar-refractivity contribution in [1.82, 2.24) is 4.90 Å². The van der Waals surface area contributed by atoms with E-state index in [0.717, 1.165) is 29.7 Å². The van der Waals surface area contributed by atoms with Gasteiger partial charge in [0.2, 0.25) is 0 Å². The zero-order valence-corrected chi connectivity index (χ0v) is 12.0. The first-order chi connectivity index (χ1) is 8.52. The zero-order valence-electron chi connectivity index (χ0n) is 11.2. The molecule has 3 heteroatoms. The molecule has 0 saturated carbocycles. The van der Waals surface area contributed by atoms with Crippen LogP contribution in [-0.2, 0) is 0 Å². The van der Waals surface area contributed by atoms with Crippen LogP contribution in [-0.4, -0.2) is 29.3 Å². The van der Waals surface area contributed by atoms with Crippen LogP contribution in [0.4, 0.5) is 0 Å². The van der Waals surface area contributed by atoms with Crippen LogP contribution >= 0.6 is 11.6 Å². The van der Waals surface area contributed by atoms with E-state index in [0.29, 0.717) is 11.8 Å². The van der Waals surface area contributed by atoms with Gasteiger partial charge in [0.15, 0.2) is 0 Å². The van der Waals surface area contributed by atoms with Gasteiger partial charge in [0, 0.05) is 24.0 Å². The van der Waals surface area contributed by atoms with Crippen molar-refractivity contribution in [3.8, 4) is 0 Å². The van der Waals surface area contributed by atoms with Gasteiger partial charge in [-0.05, 0) is 38.3 Å². The van der Waals surface area contributed by atoms with Gasteiger partial charge in [0.1, 0.15) is 0 Å². The summed E-state index contributed by atoms with van der Waals surface area (Å²) in [5, 5.41) is 0. The van der Waals surface area contributed by atoms with Crippen molar-refractivity contribution in [3.63, 3.8) is 0 Å². The van der Waals surface area contributed by atoms with E-state index in [1.165, 1.54) is 0 Å². The molecule has 1 heterocycles. The second kappa shape index (κ2) is 5.31. The fraction of sp³-hybridized carbons (Fsp3) is 0.533. The molecule has 2 rings (SSSR count). The van der Waals surface area contributed by atoms with Crippen LogP contribution < -0.4 is 0 Å².